The van der Waals surface area contributed by atoms with Crippen molar-refractivity contribution in [2.75, 3.05) is 59.8 Å². The molecule has 48 heavy (non-hydrogen) atoms. The zero-order valence-corrected chi connectivity index (χ0v) is 28.0. The van der Waals surface area contributed by atoms with Gasteiger partial charge in [0.05, 0.1) is 19.8 Å². The number of carbonyl (C=O) groups is 8. The van der Waals surface area contributed by atoms with Gasteiger partial charge in [-0.1, -0.05) is 13.2 Å². The van der Waals surface area contributed by atoms with Crippen molar-refractivity contribution in [1.82, 2.24) is 10.6 Å². The van der Waals surface area contributed by atoms with Crippen molar-refractivity contribution in [2.24, 2.45) is 0 Å². The summed E-state index contributed by atoms with van der Waals surface area (Å²) in [5.41, 5.74) is 0. The van der Waals surface area contributed by atoms with Crippen LogP contribution in [0.15, 0.2) is 25.3 Å². The van der Waals surface area contributed by atoms with Crippen LogP contribution < -0.4 is 10.6 Å². The predicted octanol–water partition coefficient (Wildman–Crippen LogP) is 1.43. The summed E-state index contributed by atoms with van der Waals surface area (Å²) in [7, 11) is 1.54. The number of hydrogen-bond donors (Lipinski definition) is 2. The number of unbranched alkanes of at least 4 members (excludes halogenated alkanes) is 4. The molecule has 2 N–H and O–H groups in total. The Morgan fingerprint density at radius 3 is 1.38 bits per heavy atom. The minimum atomic E-state index is -0.700. The van der Waals surface area contributed by atoms with Crippen LogP contribution in [0.3, 0.4) is 0 Å². The van der Waals surface area contributed by atoms with Crippen LogP contribution in [0.25, 0.3) is 0 Å². The first-order valence-corrected chi connectivity index (χ1v) is 15.5. The Labute approximate surface area is 281 Å². The van der Waals surface area contributed by atoms with Gasteiger partial charge in [0.2, 0.25) is 11.8 Å². The third kappa shape index (κ3) is 34.3. The maximum absolute atomic E-state index is 11.8. The zero-order valence-electron chi connectivity index (χ0n) is 28.0. The van der Waals surface area contributed by atoms with Crippen molar-refractivity contribution in [3.8, 4) is 0 Å². The Morgan fingerprint density at radius 1 is 0.521 bits per heavy atom. The van der Waals surface area contributed by atoms with E-state index in [2.05, 4.69) is 38.0 Å². The quantitative estimate of drug-likeness (QED) is 0.0411. The largest absolute Gasteiger partial charge is 0.465 e. The van der Waals surface area contributed by atoms with E-state index in [4.69, 9.17) is 14.2 Å². The van der Waals surface area contributed by atoms with Gasteiger partial charge in [0.1, 0.15) is 38.4 Å². The van der Waals surface area contributed by atoms with Gasteiger partial charge in [0.25, 0.3) is 0 Å². The fraction of sp³-hybridized carbons (Fsp3) is 0.625. The van der Waals surface area contributed by atoms with E-state index >= 15 is 0 Å². The summed E-state index contributed by atoms with van der Waals surface area (Å²) < 4.78 is 28.7. The second kappa shape index (κ2) is 32.3. The summed E-state index contributed by atoms with van der Waals surface area (Å²) in [6.07, 6.45) is 5.62. The lowest BCUT2D eigenvalue weighted by Gasteiger charge is -2.08. The first-order valence-electron chi connectivity index (χ1n) is 15.5. The van der Waals surface area contributed by atoms with Crippen LogP contribution in [0, 0.1) is 0 Å². The van der Waals surface area contributed by atoms with E-state index in [0.29, 0.717) is 45.3 Å². The topological polar surface area (TPSA) is 216 Å². The molecule has 0 fully saturated rings. The van der Waals surface area contributed by atoms with Crippen molar-refractivity contribution in [3.05, 3.63) is 25.3 Å². The molecule has 0 aliphatic carbocycles. The summed E-state index contributed by atoms with van der Waals surface area (Å²) in [6, 6.07) is 0. The van der Waals surface area contributed by atoms with Crippen LogP contribution in [0.1, 0.15) is 71.1 Å². The second-order valence-electron chi connectivity index (χ2n) is 9.77. The van der Waals surface area contributed by atoms with Crippen molar-refractivity contribution in [1.29, 1.82) is 0 Å². The number of carbonyl (C=O) groups excluding carboxylic acids is 8. The third-order valence-electron chi connectivity index (χ3n) is 5.56. The van der Waals surface area contributed by atoms with E-state index in [1.54, 1.807) is 7.11 Å². The number of nitrogens with one attached hydrogen (secondary N) is 2. The molecule has 16 nitrogen and oxygen atoms in total. The van der Waals surface area contributed by atoms with Crippen LogP contribution >= 0.6 is 0 Å². The Kier molecular flexibility index (Phi) is 30.7. The van der Waals surface area contributed by atoms with Crippen LogP contribution in [0.2, 0.25) is 0 Å². The van der Waals surface area contributed by atoms with Crippen molar-refractivity contribution >= 4 is 47.4 Å². The van der Waals surface area contributed by atoms with Gasteiger partial charge in [0.15, 0.2) is 0 Å². The zero-order chi connectivity index (χ0) is 36.4. The van der Waals surface area contributed by atoms with E-state index in [-0.39, 0.29) is 51.7 Å². The first kappa shape index (κ1) is 45.5. The van der Waals surface area contributed by atoms with Gasteiger partial charge in [-0.05, 0) is 45.4 Å². The third-order valence-corrected chi connectivity index (χ3v) is 5.56. The SMILES string of the molecule is C=CC(=O)OCCOC.C=CC(=O)OCCOC(=O)CCCCCOC(=O)CC(=O)NCCNC(=O)CC(=O)OCCCCCC(C)=O. The highest BCUT2D eigenvalue weighted by Gasteiger charge is 2.12. The lowest BCUT2D eigenvalue weighted by Crippen LogP contribution is -2.36. The molecule has 0 aliphatic rings. The summed E-state index contributed by atoms with van der Waals surface area (Å²) >= 11 is 0. The van der Waals surface area contributed by atoms with Crippen molar-refractivity contribution in [2.45, 2.75) is 71.1 Å². The number of Topliss-reactive ketones (excluding diaryl/α,β-unsaturated/α-hetero) is 1. The summed E-state index contributed by atoms with van der Waals surface area (Å²) in [5.74, 6) is -3.79. The molecule has 0 aromatic heterocycles. The lowest BCUT2D eigenvalue weighted by molar-refractivity contribution is -0.150. The molecular formula is C32H50N2O14. The number of hydrogen-bond acceptors (Lipinski definition) is 14. The number of methoxy groups -OCH3 is 1. The van der Waals surface area contributed by atoms with Crippen molar-refractivity contribution in [3.63, 3.8) is 0 Å². The average Bonchev–Trinajstić information content (AvgIpc) is 3.04. The maximum Gasteiger partial charge on any atom is 0.330 e. The molecule has 0 saturated carbocycles. The molecule has 272 valence electrons. The van der Waals surface area contributed by atoms with Crippen LogP contribution in [-0.2, 0) is 66.8 Å². The average molecular weight is 687 g/mol. The molecule has 0 rings (SSSR count). The second-order valence-corrected chi connectivity index (χ2v) is 9.77. The van der Waals surface area contributed by atoms with Gasteiger partial charge in [0, 0.05) is 45.2 Å². The van der Waals surface area contributed by atoms with Crippen LogP contribution in [0.4, 0.5) is 0 Å². The molecule has 0 aromatic carbocycles. The van der Waals surface area contributed by atoms with Crippen LogP contribution in [-0.4, -0.2) is 107 Å². The fourth-order valence-corrected chi connectivity index (χ4v) is 3.18. The number of ketones is 1. The molecule has 0 radical (unpaired) electrons. The van der Waals surface area contributed by atoms with Gasteiger partial charge in [-0.3, -0.25) is 24.0 Å². The Hall–Kier alpha value is -4.60. The van der Waals surface area contributed by atoms with Gasteiger partial charge in [-0.25, -0.2) is 9.59 Å². The highest BCUT2D eigenvalue weighted by atomic mass is 16.6. The van der Waals surface area contributed by atoms with Gasteiger partial charge in [-0.15, -0.1) is 0 Å². The van der Waals surface area contributed by atoms with Gasteiger partial charge < -0.3 is 43.8 Å². The molecule has 2 amide bonds. The number of ether oxygens (including phenoxy) is 6. The standard InChI is InChI=1S/C26H40N2O11.C6H10O3/c1-3-23(32)38-16-17-39-24(33)11-7-5-9-15-37-26(35)19-22(31)28-13-12-27-21(30)18-25(34)36-14-8-4-6-10-20(2)29;1-3-6(7)9-5-4-8-2/h3H,1,4-19H2,2H3,(H,27,30)(H,28,31);3H,1,4-5H2,2H3. The fourth-order valence-electron chi connectivity index (χ4n) is 3.18. The molecule has 0 aliphatic heterocycles. The van der Waals surface area contributed by atoms with E-state index in [9.17, 15) is 38.4 Å². The highest BCUT2D eigenvalue weighted by Crippen LogP contribution is 2.03. The molecular weight excluding hydrogens is 636 g/mol. The predicted molar refractivity (Wildman–Crippen MR) is 170 cm³/mol. The molecule has 0 spiro atoms. The smallest absolute Gasteiger partial charge is 0.330 e. The van der Waals surface area contributed by atoms with E-state index in [0.717, 1.165) is 25.0 Å². The van der Waals surface area contributed by atoms with E-state index < -0.39 is 54.5 Å². The summed E-state index contributed by atoms with van der Waals surface area (Å²) in [5, 5.41) is 4.92. The van der Waals surface area contributed by atoms with Crippen LogP contribution in [0.5, 0.6) is 0 Å². The number of rotatable bonds is 27. The Balaban J connectivity index is 0. The monoisotopic (exact) mass is 686 g/mol. The Morgan fingerprint density at radius 2 is 0.938 bits per heavy atom. The highest BCUT2D eigenvalue weighted by molar-refractivity contribution is 5.95. The minimum absolute atomic E-state index is 0.0372. The van der Waals surface area contributed by atoms with E-state index in [1.165, 1.54) is 6.92 Å². The van der Waals surface area contributed by atoms with Gasteiger partial charge in [-0.2, -0.15) is 0 Å². The molecule has 0 aromatic rings. The lowest BCUT2D eigenvalue weighted by atomic mass is 10.1. The first-order chi connectivity index (χ1) is 22.9. The minimum Gasteiger partial charge on any atom is -0.465 e. The summed E-state index contributed by atoms with van der Waals surface area (Å²) in [4.78, 5) is 90.3. The molecule has 0 bridgehead atoms. The van der Waals surface area contributed by atoms with E-state index in [1.807, 2.05) is 0 Å². The van der Waals surface area contributed by atoms with Gasteiger partial charge >= 0.3 is 29.8 Å². The summed E-state index contributed by atoms with van der Waals surface area (Å²) in [6.45, 7) is 9.05. The molecule has 0 heterocycles. The molecule has 0 saturated heterocycles. The number of esters is 5. The Bertz CT molecular complexity index is 1030. The normalized spacial score (nSPS) is 9.79. The molecule has 0 atom stereocenters. The number of amides is 2. The molecule has 16 heteroatoms. The molecule has 0 unspecified atom stereocenters. The van der Waals surface area contributed by atoms with Crippen molar-refractivity contribution < 1.29 is 66.8 Å². The maximum atomic E-state index is 11.8.